The highest BCUT2D eigenvalue weighted by Crippen LogP contribution is 2.33. The van der Waals surface area contributed by atoms with E-state index in [9.17, 15) is 0 Å². The van der Waals surface area contributed by atoms with Gasteiger partial charge >= 0.3 is 0 Å². The highest BCUT2D eigenvalue weighted by molar-refractivity contribution is 6.10. The van der Waals surface area contributed by atoms with E-state index < -0.39 is 0 Å². The maximum Gasteiger partial charge on any atom is 0.136 e. The number of nitrogens with one attached hydrogen (secondary N) is 1. The average Bonchev–Trinajstić information content (AvgIpc) is 3.00. The standard InChI is InChI=1S/C19H14N6/c1-12-3-2-4-13(9-12)22-17-14-5-7-20-10-15(14)23-18-16-6-8-21-11-25(16)24-19(17)18/h2-11,22H,1H3. The van der Waals surface area contributed by atoms with Gasteiger partial charge in [-0.15, -0.1) is 0 Å². The second kappa shape index (κ2) is 5.24. The smallest absolute Gasteiger partial charge is 0.136 e. The molecule has 0 aliphatic rings. The molecule has 25 heavy (non-hydrogen) atoms. The first-order valence-corrected chi connectivity index (χ1v) is 7.99. The van der Waals surface area contributed by atoms with Crippen LogP contribution in [0.1, 0.15) is 5.56 Å². The molecule has 0 bridgehead atoms. The topological polar surface area (TPSA) is 68.0 Å². The molecular weight excluding hydrogens is 312 g/mol. The second-order valence-corrected chi connectivity index (χ2v) is 5.98. The van der Waals surface area contributed by atoms with Crippen LogP contribution in [0, 0.1) is 6.92 Å². The maximum atomic E-state index is 4.77. The molecule has 0 atom stereocenters. The van der Waals surface area contributed by atoms with Crippen molar-refractivity contribution in [1.82, 2.24) is 24.6 Å². The van der Waals surface area contributed by atoms with E-state index in [2.05, 4.69) is 34.3 Å². The average molecular weight is 326 g/mol. The highest BCUT2D eigenvalue weighted by atomic mass is 15.2. The zero-order valence-electron chi connectivity index (χ0n) is 13.5. The molecule has 4 aromatic heterocycles. The normalized spacial score (nSPS) is 11.4. The fourth-order valence-corrected chi connectivity index (χ4v) is 3.10. The van der Waals surface area contributed by atoms with Crippen LogP contribution in [0.2, 0.25) is 0 Å². The van der Waals surface area contributed by atoms with Crippen LogP contribution >= 0.6 is 0 Å². The summed E-state index contributed by atoms with van der Waals surface area (Å²) in [5.74, 6) is 0. The Morgan fingerprint density at radius 1 is 1.00 bits per heavy atom. The predicted octanol–water partition coefficient (Wildman–Crippen LogP) is 3.88. The van der Waals surface area contributed by atoms with Gasteiger partial charge in [0.1, 0.15) is 17.4 Å². The molecule has 120 valence electrons. The zero-order chi connectivity index (χ0) is 16.8. The molecule has 6 heteroatoms. The summed E-state index contributed by atoms with van der Waals surface area (Å²) in [6, 6.07) is 12.1. The molecule has 1 N–H and O–H groups in total. The van der Waals surface area contributed by atoms with Gasteiger partial charge in [0.2, 0.25) is 0 Å². The summed E-state index contributed by atoms with van der Waals surface area (Å²) in [5, 5.41) is 9.21. The molecule has 0 aliphatic heterocycles. The Kier molecular flexibility index (Phi) is 2.90. The van der Waals surface area contributed by atoms with Crippen molar-refractivity contribution in [2.24, 2.45) is 0 Å². The summed E-state index contributed by atoms with van der Waals surface area (Å²) in [6.07, 6.45) is 6.99. The van der Waals surface area contributed by atoms with Crippen molar-refractivity contribution in [3.8, 4) is 0 Å². The molecule has 1 aromatic carbocycles. The summed E-state index contributed by atoms with van der Waals surface area (Å²) in [6.45, 7) is 2.08. The molecule has 0 saturated carbocycles. The maximum absolute atomic E-state index is 4.77. The first-order chi connectivity index (χ1) is 12.3. The van der Waals surface area contributed by atoms with Gasteiger partial charge in [0.15, 0.2) is 0 Å². The van der Waals surface area contributed by atoms with Crippen LogP contribution in [0.4, 0.5) is 11.4 Å². The molecule has 0 aliphatic carbocycles. The number of nitrogens with zero attached hydrogens (tertiary/aromatic N) is 5. The number of fused-ring (bicyclic) bond motifs is 4. The third-order valence-electron chi connectivity index (χ3n) is 4.24. The van der Waals surface area contributed by atoms with E-state index in [1.165, 1.54) is 5.56 Å². The number of benzene rings is 1. The molecule has 0 fully saturated rings. The van der Waals surface area contributed by atoms with Gasteiger partial charge in [-0.25, -0.2) is 14.5 Å². The zero-order valence-corrected chi connectivity index (χ0v) is 13.5. The monoisotopic (exact) mass is 326 g/mol. The summed E-state index contributed by atoms with van der Waals surface area (Å²) in [5.41, 5.74) is 6.53. The quantitative estimate of drug-likeness (QED) is 0.533. The van der Waals surface area contributed by atoms with Crippen LogP contribution in [0.5, 0.6) is 0 Å². The molecular formula is C19H14N6. The van der Waals surface area contributed by atoms with E-state index >= 15 is 0 Å². The van der Waals surface area contributed by atoms with E-state index in [-0.39, 0.29) is 0 Å². The van der Waals surface area contributed by atoms with Crippen LogP contribution in [0.15, 0.2) is 61.3 Å². The molecule has 5 aromatic rings. The lowest BCUT2D eigenvalue weighted by Gasteiger charge is -2.10. The third-order valence-corrected chi connectivity index (χ3v) is 4.24. The minimum atomic E-state index is 0.813. The van der Waals surface area contributed by atoms with Crippen molar-refractivity contribution in [3.63, 3.8) is 0 Å². The number of anilines is 2. The van der Waals surface area contributed by atoms with E-state index in [0.717, 1.165) is 38.8 Å². The van der Waals surface area contributed by atoms with Gasteiger partial charge < -0.3 is 5.32 Å². The Bertz CT molecular complexity index is 1240. The Balaban J connectivity index is 1.86. The Morgan fingerprint density at radius 2 is 1.92 bits per heavy atom. The van der Waals surface area contributed by atoms with Gasteiger partial charge in [0, 0.05) is 23.5 Å². The van der Waals surface area contributed by atoms with Gasteiger partial charge in [-0.3, -0.25) is 4.98 Å². The van der Waals surface area contributed by atoms with E-state index in [1.54, 1.807) is 29.4 Å². The summed E-state index contributed by atoms with van der Waals surface area (Å²) < 4.78 is 1.76. The summed E-state index contributed by atoms with van der Waals surface area (Å²) >= 11 is 0. The molecule has 4 heterocycles. The van der Waals surface area contributed by atoms with Gasteiger partial charge in [0.25, 0.3) is 0 Å². The van der Waals surface area contributed by atoms with Gasteiger partial charge in [-0.2, -0.15) is 5.10 Å². The number of hydrogen-bond donors (Lipinski definition) is 1. The van der Waals surface area contributed by atoms with Crippen LogP contribution in [0.25, 0.3) is 27.5 Å². The predicted molar refractivity (Wildman–Crippen MR) is 98.1 cm³/mol. The molecule has 0 saturated heterocycles. The lowest BCUT2D eigenvalue weighted by molar-refractivity contribution is 0.938. The number of hydrogen-bond acceptors (Lipinski definition) is 5. The van der Waals surface area contributed by atoms with Gasteiger partial charge in [-0.1, -0.05) is 12.1 Å². The molecule has 5 rings (SSSR count). The fraction of sp³-hybridized carbons (Fsp3) is 0.0526. The van der Waals surface area contributed by atoms with E-state index in [4.69, 9.17) is 10.1 Å². The van der Waals surface area contributed by atoms with Crippen LogP contribution < -0.4 is 5.32 Å². The van der Waals surface area contributed by atoms with E-state index in [1.807, 2.05) is 24.3 Å². The Hall–Kier alpha value is -3.54. The Labute approximate surface area is 143 Å². The minimum Gasteiger partial charge on any atom is -0.353 e. The second-order valence-electron chi connectivity index (χ2n) is 5.98. The number of rotatable bonds is 2. The van der Waals surface area contributed by atoms with Crippen molar-refractivity contribution in [1.29, 1.82) is 0 Å². The first kappa shape index (κ1) is 13.9. The van der Waals surface area contributed by atoms with Crippen molar-refractivity contribution in [3.05, 3.63) is 66.9 Å². The Morgan fingerprint density at radius 3 is 2.84 bits per heavy atom. The van der Waals surface area contributed by atoms with Crippen LogP contribution in [-0.4, -0.2) is 24.6 Å². The number of pyridine rings is 2. The van der Waals surface area contributed by atoms with Crippen molar-refractivity contribution in [2.45, 2.75) is 6.92 Å². The van der Waals surface area contributed by atoms with Crippen molar-refractivity contribution < 1.29 is 0 Å². The molecule has 0 amide bonds. The van der Waals surface area contributed by atoms with Crippen LogP contribution in [-0.2, 0) is 0 Å². The molecule has 0 spiro atoms. The van der Waals surface area contributed by atoms with E-state index in [0.29, 0.717) is 0 Å². The fourth-order valence-electron chi connectivity index (χ4n) is 3.10. The van der Waals surface area contributed by atoms with Crippen molar-refractivity contribution >= 4 is 38.8 Å². The molecule has 0 radical (unpaired) electrons. The molecule has 0 unspecified atom stereocenters. The van der Waals surface area contributed by atoms with Gasteiger partial charge in [0.05, 0.1) is 22.9 Å². The summed E-state index contributed by atoms with van der Waals surface area (Å²) in [7, 11) is 0. The van der Waals surface area contributed by atoms with Crippen molar-refractivity contribution in [2.75, 3.05) is 5.32 Å². The molecule has 6 nitrogen and oxygen atoms in total. The third kappa shape index (κ3) is 2.19. The van der Waals surface area contributed by atoms with Crippen LogP contribution in [0.3, 0.4) is 0 Å². The number of aromatic nitrogens is 5. The lowest BCUT2D eigenvalue weighted by atomic mass is 10.1. The highest BCUT2D eigenvalue weighted by Gasteiger charge is 2.15. The largest absolute Gasteiger partial charge is 0.353 e. The SMILES string of the molecule is Cc1cccc(Nc2c3ccncc3nc3c2nn2cnccc32)c1. The minimum absolute atomic E-state index is 0.813. The first-order valence-electron chi connectivity index (χ1n) is 7.99. The summed E-state index contributed by atoms with van der Waals surface area (Å²) in [4.78, 5) is 13.1. The van der Waals surface area contributed by atoms with Gasteiger partial charge in [-0.05, 0) is 36.8 Å². The lowest BCUT2D eigenvalue weighted by Crippen LogP contribution is -1.95. The number of aryl methyl sites for hydroxylation is 1.